The predicted octanol–water partition coefficient (Wildman–Crippen LogP) is 5.73. The standard InChI is InChI=1S/C26H27Cl2N3O2/c1-18-3-9-22(10-4-18)29-25(32)16-31(14-13-20-7-8-21(27)15-24(20)28)17-26(33)30-23-11-5-19(2)6-12-23/h3-12,15H,13-14,16-17H2,1-2H3,(H,29,32)(H,30,33). The summed E-state index contributed by atoms with van der Waals surface area (Å²) in [6, 6.07) is 20.5. The van der Waals surface area contributed by atoms with Crippen molar-refractivity contribution in [1.82, 2.24) is 4.90 Å². The van der Waals surface area contributed by atoms with Gasteiger partial charge in [-0.3, -0.25) is 14.5 Å². The highest BCUT2D eigenvalue weighted by Crippen LogP contribution is 2.21. The first-order chi connectivity index (χ1) is 15.8. The van der Waals surface area contributed by atoms with Crippen molar-refractivity contribution < 1.29 is 9.59 Å². The molecule has 0 bridgehead atoms. The monoisotopic (exact) mass is 483 g/mol. The molecule has 7 heteroatoms. The fourth-order valence-electron chi connectivity index (χ4n) is 3.30. The zero-order valence-electron chi connectivity index (χ0n) is 18.7. The molecule has 0 aliphatic heterocycles. The minimum atomic E-state index is -0.191. The van der Waals surface area contributed by atoms with Crippen LogP contribution in [0.3, 0.4) is 0 Å². The van der Waals surface area contributed by atoms with E-state index in [1.54, 1.807) is 17.0 Å². The van der Waals surface area contributed by atoms with Gasteiger partial charge in [0.05, 0.1) is 13.1 Å². The van der Waals surface area contributed by atoms with Crippen LogP contribution in [-0.4, -0.2) is 36.3 Å². The Hall–Kier alpha value is -2.86. The highest BCUT2D eigenvalue weighted by molar-refractivity contribution is 6.35. The van der Waals surface area contributed by atoms with E-state index in [4.69, 9.17) is 23.2 Å². The second-order valence-electron chi connectivity index (χ2n) is 8.02. The maximum Gasteiger partial charge on any atom is 0.238 e. The van der Waals surface area contributed by atoms with Crippen molar-refractivity contribution in [3.63, 3.8) is 0 Å². The van der Waals surface area contributed by atoms with E-state index < -0.39 is 0 Å². The van der Waals surface area contributed by atoms with E-state index in [1.165, 1.54) is 0 Å². The van der Waals surface area contributed by atoms with Gasteiger partial charge in [-0.2, -0.15) is 0 Å². The van der Waals surface area contributed by atoms with Gasteiger partial charge in [-0.05, 0) is 62.2 Å². The van der Waals surface area contributed by atoms with Gasteiger partial charge in [-0.1, -0.05) is 64.7 Å². The fraction of sp³-hybridized carbons (Fsp3) is 0.231. The van der Waals surface area contributed by atoms with Crippen LogP contribution in [0.5, 0.6) is 0 Å². The Morgan fingerprint density at radius 2 is 1.24 bits per heavy atom. The van der Waals surface area contributed by atoms with Gasteiger partial charge in [0.2, 0.25) is 11.8 Å². The summed E-state index contributed by atoms with van der Waals surface area (Å²) in [5.74, 6) is -0.381. The normalized spacial score (nSPS) is 10.8. The van der Waals surface area contributed by atoms with Crippen LogP contribution < -0.4 is 10.6 Å². The van der Waals surface area contributed by atoms with Crippen molar-refractivity contribution in [3.05, 3.63) is 93.5 Å². The van der Waals surface area contributed by atoms with Crippen molar-refractivity contribution in [2.24, 2.45) is 0 Å². The van der Waals surface area contributed by atoms with Gasteiger partial charge in [-0.25, -0.2) is 0 Å². The summed E-state index contributed by atoms with van der Waals surface area (Å²) in [6.07, 6.45) is 0.575. The molecule has 172 valence electrons. The molecule has 0 radical (unpaired) electrons. The number of nitrogens with one attached hydrogen (secondary N) is 2. The number of carbonyl (C=O) groups excluding carboxylic acids is 2. The summed E-state index contributed by atoms with van der Waals surface area (Å²) >= 11 is 12.3. The average Bonchev–Trinajstić information content (AvgIpc) is 2.76. The molecule has 0 fully saturated rings. The molecule has 3 aromatic carbocycles. The molecular formula is C26H27Cl2N3O2. The summed E-state index contributed by atoms with van der Waals surface area (Å²) < 4.78 is 0. The summed E-state index contributed by atoms with van der Waals surface area (Å²) in [6.45, 7) is 4.59. The van der Waals surface area contributed by atoms with Crippen LogP contribution in [0.1, 0.15) is 16.7 Å². The van der Waals surface area contributed by atoms with Gasteiger partial charge in [0, 0.05) is 28.0 Å². The molecule has 0 heterocycles. The van der Waals surface area contributed by atoms with E-state index in [9.17, 15) is 9.59 Å². The molecule has 3 aromatic rings. The Balaban J connectivity index is 1.65. The van der Waals surface area contributed by atoms with Crippen LogP contribution in [-0.2, 0) is 16.0 Å². The Labute approximate surface area is 204 Å². The number of aryl methyl sites for hydroxylation is 2. The molecule has 0 saturated heterocycles. The van der Waals surface area contributed by atoms with Crippen molar-refractivity contribution in [1.29, 1.82) is 0 Å². The number of hydrogen-bond donors (Lipinski definition) is 2. The fourth-order valence-corrected chi connectivity index (χ4v) is 3.80. The second-order valence-corrected chi connectivity index (χ2v) is 8.87. The van der Waals surface area contributed by atoms with E-state index in [1.807, 2.05) is 68.4 Å². The van der Waals surface area contributed by atoms with Gasteiger partial charge < -0.3 is 10.6 Å². The number of anilines is 2. The van der Waals surface area contributed by atoms with Crippen LogP contribution in [0.25, 0.3) is 0 Å². The van der Waals surface area contributed by atoms with E-state index >= 15 is 0 Å². The number of benzene rings is 3. The predicted molar refractivity (Wildman–Crippen MR) is 136 cm³/mol. The topological polar surface area (TPSA) is 61.4 Å². The first kappa shape index (κ1) is 24.8. The zero-order valence-corrected chi connectivity index (χ0v) is 20.2. The quantitative estimate of drug-likeness (QED) is 0.408. The molecule has 0 saturated carbocycles. The second kappa shape index (κ2) is 11.8. The maximum atomic E-state index is 12.7. The van der Waals surface area contributed by atoms with Crippen molar-refractivity contribution in [2.45, 2.75) is 20.3 Å². The van der Waals surface area contributed by atoms with Crippen LogP contribution in [0, 0.1) is 13.8 Å². The van der Waals surface area contributed by atoms with Crippen molar-refractivity contribution in [3.8, 4) is 0 Å². The van der Waals surface area contributed by atoms with Gasteiger partial charge in [0.15, 0.2) is 0 Å². The van der Waals surface area contributed by atoms with E-state index in [2.05, 4.69) is 10.6 Å². The third-order valence-corrected chi connectivity index (χ3v) is 5.70. The molecule has 3 rings (SSSR count). The van der Waals surface area contributed by atoms with Crippen LogP contribution in [0.2, 0.25) is 10.0 Å². The van der Waals surface area contributed by atoms with Gasteiger partial charge in [-0.15, -0.1) is 0 Å². The number of rotatable bonds is 9. The van der Waals surface area contributed by atoms with Crippen molar-refractivity contribution >= 4 is 46.4 Å². The van der Waals surface area contributed by atoms with E-state index in [0.29, 0.717) is 23.0 Å². The molecule has 5 nitrogen and oxygen atoms in total. The lowest BCUT2D eigenvalue weighted by Crippen LogP contribution is -2.40. The van der Waals surface area contributed by atoms with Crippen LogP contribution in [0.15, 0.2) is 66.7 Å². The van der Waals surface area contributed by atoms with Crippen LogP contribution in [0.4, 0.5) is 11.4 Å². The Morgan fingerprint density at radius 1 is 0.758 bits per heavy atom. The number of hydrogen-bond acceptors (Lipinski definition) is 3. The average molecular weight is 484 g/mol. The summed E-state index contributed by atoms with van der Waals surface area (Å²) in [5, 5.41) is 6.91. The number of amides is 2. The van der Waals surface area contributed by atoms with Gasteiger partial charge in [0.1, 0.15) is 0 Å². The lowest BCUT2D eigenvalue weighted by atomic mass is 10.1. The molecule has 0 atom stereocenters. The summed E-state index contributed by atoms with van der Waals surface area (Å²) in [5.41, 5.74) is 4.57. The molecule has 0 aliphatic rings. The van der Waals surface area contributed by atoms with E-state index in [-0.39, 0.29) is 24.9 Å². The van der Waals surface area contributed by atoms with E-state index in [0.717, 1.165) is 28.1 Å². The highest BCUT2D eigenvalue weighted by Gasteiger charge is 2.16. The van der Waals surface area contributed by atoms with Gasteiger partial charge >= 0.3 is 0 Å². The number of halogens is 2. The van der Waals surface area contributed by atoms with Crippen LogP contribution >= 0.6 is 23.2 Å². The minimum absolute atomic E-state index is 0.0698. The Bertz CT molecular complexity index is 1040. The molecule has 0 unspecified atom stereocenters. The smallest absolute Gasteiger partial charge is 0.238 e. The highest BCUT2D eigenvalue weighted by atomic mass is 35.5. The summed E-state index contributed by atoms with van der Waals surface area (Å²) in [4.78, 5) is 27.2. The van der Waals surface area contributed by atoms with Crippen molar-refractivity contribution in [2.75, 3.05) is 30.3 Å². The lowest BCUT2D eigenvalue weighted by Gasteiger charge is -2.22. The van der Waals surface area contributed by atoms with Gasteiger partial charge in [0.25, 0.3) is 0 Å². The Kier molecular flexibility index (Phi) is 8.89. The summed E-state index contributed by atoms with van der Waals surface area (Å²) in [7, 11) is 0. The third kappa shape index (κ3) is 8.21. The molecule has 0 aliphatic carbocycles. The third-order valence-electron chi connectivity index (χ3n) is 5.12. The first-order valence-corrected chi connectivity index (χ1v) is 11.4. The molecule has 33 heavy (non-hydrogen) atoms. The molecular weight excluding hydrogens is 457 g/mol. The largest absolute Gasteiger partial charge is 0.325 e. The molecule has 2 amide bonds. The zero-order chi connectivity index (χ0) is 23.8. The SMILES string of the molecule is Cc1ccc(NC(=O)CN(CCc2ccc(Cl)cc2Cl)CC(=O)Nc2ccc(C)cc2)cc1. The molecule has 0 aromatic heterocycles. The molecule has 2 N–H and O–H groups in total. The lowest BCUT2D eigenvalue weighted by molar-refractivity contribution is -0.120. The first-order valence-electron chi connectivity index (χ1n) is 10.7. The maximum absolute atomic E-state index is 12.7. The molecule has 0 spiro atoms. The number of nitrogens with zero attached hydrogens (tertiary/aromatic N) is 1. The number of carbonyl (C=O) groups is 2. The minimum Gasteiger partial charge on any atom is -0.325 e. The Morgan fingerprint density at radius 3 is 1.70 bits per heavy atom.